The van der Waals surface area contributed by atoms with Crippen molar-refractivity contribution in [2.75, 3.05) is 12.0 Å². The molecule has 2 radical (unpaired) electrons. The van der Waals surface area contributed by atoms with Crippen molar-refractivity contribution in [1.29, 1.82) is 0 Å². The van der Waals surface area contributed by atoms with Crippen molar-refractivity contribution in [3.63, 3.8) is 0 Å². The number of aromatic nitrogens is 1. The molecule has 0 saturated heterocycles. The number of pyridine rings is 1. The Labute approximate surface area is 99.7 Å². The maximum Gasteiger partial charge on any atom is 0.246 e. The third-order valence-electron chi connectivity index (χ3n) is 2.12. The molecule has 15 heavy (non-hydrogen) atoms. The Balaban J connectivity index is 2.46. The Morgan fingerprint density at radius 1 is 1.60 bits per heavy atom. The van der Waals surface area contributed by atoms with Gasteiger partial charge in [0.05, 0.1) is 16.8 Å². The summed E-state index contributed by atoms with van der Waals surface area (Å²) >= 11 is 8.31. The second kappa shape index (κ2) is 3.98. The number of nitrogens with one attached hydrogen (secondary N) is 1. The van der Waals surface area contributed by atoms with Crippen molar-refractivity contribution in [3.8, 4) is 0 Å². The minimum Gasteiger partial charge on any atom is -0.376 e. The van der Waals surface area contributed by atoms with Crippen LogP contribution in [0.4, 0.5) is 5.82 Å². The largest absolute Gasteiger partial charge is 0.376 e. The van der Waals surface area contributed by atoms with E-state index in [-0.39, 0.29) is 17.2 Å². The molecule has 1 aromatic rings. The van der Waals surface area contributed by atoms with Crippen molar-refractivity contribution < 1.29 is 4.79 Å². The van der Waals surface area contributed by atoms with Crippen LogP contribution in [0.25, 0.3) is 0 Å². The molecule has 76 valence electrons. The predicted octanol–water partition coefficient (Wildman–Crippen LogP) is 0.848. The molecule has 1 amide bonds. The van der Waals surface area contributed by atoms with Crippen LogP contribution in [0, 0.1) is 0 Å². The molecule has 0 saturated carbocycles. The zero-order valence-electron chi connectivity index (χ0n) is 7.71. The average Bonchev–Trinajstić information content (AvgIpc) is 2.23. The summed E-state index contributed by atoms with van der Waals surface area (Å²) in [4.78, 5) is 16.9. The van der Waals surface area contributed by atoms with Crippen molar-refractivity contribution in [2.45, 2.75) is 4.58 Å². The second-order valence-corrected chi connectivity index (χ2v) is 4.59. The number of thiol groups is 2. The van der Waals surface area contributed by atoms with E-state index < -0.39 is 0 Å². The van der Waals surface area contributed by atoms with E-state index in [1.165, 1.54) is 0 Å². The van der Waals surface area contributed by atoms with Gasteiger partial charge in [-0.25, -0.2) is 4.98 Å². The minimum atomic E-state index is -0.260. The maximum absolute atomic E-state index is 11.7. The van der Waals surface area contributed by atoms with Gasteiger partial charge in [-0.2, -0.15) is 25.3 Å². The fraction of sp³-hybridized carbons (Fsp3) is 0.250. The molecule has 0 bridgehead atoms. The summed E-state index contributed by atoms with van der Waals surface area (Å²) in [5, 5.41) is 2.93. The Kier molecular flexibility index (Phi) is 2.84. The number of anilines is 1. The van der Waals surface area contributed by atoms with Crippen LogP contribution in [-0.2, 0) is 0 Å². The molecular weight excluding hydrogens is 229 g/mol. The van der Waals surface area contributed by atoms with Crippen LogP contribution in [0.3, 0.4) is 0 Å². The number of nitrogens with zero attached hydrogens (tertiary/aromatic N) is 2. The molecule has 2 rings (SSSR count). The van der Waals surface area contributed by atoms with Gasteiger partial charge in [-0.15, -0.1) is 0 Å². The fourth-order valence-corrected chi connectivity index (χ4v) is 1.59. The number of carbonyl (C=O) groups excluding carboxylic acids is 1. The first-order valence-electron chi connectivity index (χ1n) is 4.26. The molecule has 4 nitrogen and oxygen atoms in total. The number of carbonyl (C=O) groups is 1. The highest BCUT2D eigenvalue weighted by Gasteiger charge is 2.22. The summed E-state index contributed by atoms with van der Waals surface area (Å²) in [6.07, 6.45) is 1.63. The molecule has 0 atom stereocenters. The molecule has 1 aromatic heterocycles. The Morgan fingerprint density at radius 2 is 2.33 bits per heavy atom. The molecule has 2 heterocycles. The van der Waals surface area contributed by atoms with E-state index in [2.05, 4.69) is 35.6 Å². The lowest BCUT2D eigenvalue weighted by atomic mass is 10.1. The van der Waals surface area contributed by atoms with Crippen LogP contribution in [-0.4, -0.2) is 30.4 Å². The van der Waals surface area contributed by atoms with E-state index >= 15 is 0 Å². The van der Waals surface area contributed by atoms with Gasteiger partial charge >= 0.3 is 0 Å². The molecule has 7 heteroatoms. The third kappa shape index (κ3) is 1.94. The lowest BCUT2D eigenvalue weighted by Crippen LogP contribution is -2.38. The van der Waals surface area contributed by atoms with Crippen LogP contribution >= 0.6 is 25.3 Å². The Morgan fingerprint density at radius 3 is 3.00 bits per heavy atom. The Bertz CT molecular complexity index is 413. The Hall–Kier alpha value is -0.815. The first kappa shape index (κ1) is 10.7. The minimum absolute atomic E-state index is 0.250. The van der Waals surface area contributed by atoms with Crippen LogP contribution in [0.1, 0.15) is 20.5 Å². The van der Waals surface area contributed by atoms with Crippen molar-refractivity contribution >= 4 is 45.0 Å². The summed E-state index contributed by atoms with van der Waals surface area (Å²) in [5.41, 5.74) is 1.22. The number of rotatable bonds is 1. The first-order chi connectivity index (χ1) is 7.09. The van der Waals surface area contributed by atoms with Crippen LogP contribution < -0.4 is 5.32 Å². The number of hydrogen-bond donors (Lipinski definition) is 3. The van der Waals surface area contributed by atoms with Crippen molar-refractivity contribution in [2.24, 2.45) is 0 Å². The van der Waals surface area contributed by atoms with E-state index in [1.54, 1.807) is 12.3 Å². The van der Waals surface area contributed by atoms with Gasteiger partial charge in [0.25, 0.3) is 0 Å². The highest BCUT2D eigenvalue weighted by molar-refractivity contribution is 7.98. The molecule has 0 unspecified atom stereocenters. The first-order valence-corrected chi connectivity index (χ1v) is 5.29. The van der Waals surface area contributed by atoms with Crippen molar-refractivity contribution in [3.05, 3.63) is 23.4 Å². The van der Waals surface area contributed by atoms with Gasteiger partial charge in [0.1, 0.15) is 5.82 Å². The van der Waals surface area contributed by atoms with Gasteiger partial charge in [-0.3, -0.25) is 4.79 Å². The van der Waals surface area contributed by atoms with Crippen LogP contribution in [0.5, 0.6) is 0 Å². The highest BCUT2D eigenvalue weighted by atomic mass is 32.2. The third-order valence-corrected chi connectivity index (χ3v) is 2.71. The second-order valence-electron chi connectivity index (χ2n) is 3.15. The number of hydrogen-bond acceptors (Lipinski definition) is 5. The molecule has 0 aromatic carbocycles. The van der Waals surface area contributed by atoms with Gasteiger partial charge in [0, 0.05) is 6.20 Å². The number of amides is 1. The SMILES string of the molecule is [B]N1CNc2ncc(C(S)S)cc2C1=O. The van der Waals surface area contributed by atoms with E-state index in [9.17, 15) is 4.79 Å². The smallest absolute Gasteiger partial charge is 0.246 e. The van der Waals surface area contributed by atoms with E-state index in [0.29, 0.717) is 11.4 Å². The monoisotopic (exact) mass is 237 g/mol. The lowest BCUT2D eigenvalue weighted by molar-refractivity contribution is 0.0862. The topological polar surface area (TPSA) is 45.2 Å². The van der Waals surface area contributed by atoms with Crippen LogP contribution in [0.2, 0.25) is 0 Å². The van der Waals surface area contributed by atoms with E-state index in [1.807, 2.05) is 0 Å². The standard InChI is InChI=1S/C8H8BN3OS2/c9-12-3-11-6-5(7(12)13)1-4(2-10-6)8(14)15/h1-2,8,14-15H,3H2,(H,10,11). The molecular formula is C8H8BN3OS2. The summed E-state index contributed by atoms with van der Waals surface area (Å²) in [6.45, 7) is 0.267. The number of fused-ring (bicyclic) bond motifs is 1. The van der Waals surface area contributed by atoms with Crippen molar-refractivity contribution in [1.82, 2.24) is 9.79 Å². The molecule has 1 aliphatic rings. The molecule has 0 aliphatic carbocycles. The normalized spacial score (nSPS) is 15.1. The molecule has 0 fully saturated rings. The maximum atomic E-state index is 11.7. The van der Waals surface area contributed by atoms with Gasteiger partial charge < -0.3 is 10.1 Å². The zero-order chi connectivity index (χ0) is 11.0. The zero-order valence-corrected chi connectivity index (χ0v) is 9.50. The molecule has 1 N–H and O–H groups in total. The molecule has 1 aliphatic heterocycles. The average molecular weight is 237 g/mol. The van der Waals surface area contributed by atoms with Gasteiger partial charge in [0.2, 0.25) is 13.9 Å². The summed E-state index contributed by atoms with van der Waals surface area (Å²) in [5.74, 6) is 0.299. The lowest BCUT2D eigenvalue weighted by Gasteiger charge is -2.26. The predicted molar refractivity (Wildman–Crippen MR) is 65.4 cm³/mol. The van der Waals surface area contributed by atoms with E-state index in [4.69, 9.17) is 7.98 Å². The fourth-order valence-electron chi connectivity index (χ4n) is 1.31. The summed E-state index contributed by atoms with van der Waals surface area (Å²) < 4.78 is -0.260. The summed E-state index contributed by atoms with van der Waals surface area (Å²) in [6, 6.07) is 1.70. The summed E-state index contributed by atoms with van der Waals surface area (Å²) in [7, 11) is 5.47. The van der Waals surface area contributed by atoms with Gasteiger partial charge in [0.15, 0.2) is 0 Å². The molecule has 0 spiro atoms. The van der Waals surface area contributed by atoms with E-state index in [0.717, 1.165) is 10.4 Å². The highest BCUT2D eigenvalue weighted by Crippen LogP contribution is 2.27. The van der Waals surface area contributed by atoms with Crippen LogP contribution in [0.15, 0.2) is 12.3 Å². The van der Waals surface area contributed by atoms with Gasteiger partial charge in [-0.1, -0.05) is 0 Å². The quantitative estimate of drug-likeness (QED) is 0.385. The van der Waals surface area contributed by atoms with Gasteiger partial charge in [-0.05, 0) is 11.6 Å².